The van der Waals surface area contributed by atoms with E-state index >= 15 is 0 Å². The highest BCUT2D eigenvalue weighted by molar-refractivity contribution is 5.29. The predicted molar refractivity (Wildman–Crippen MR) is 60.6 cm³/mol. The molecule has 1 nitrogen and oxygen atoms in total. The van der Waals surface area contributed by atoms with E-state index in [4.69, 9.17) is 0 Å². The third-order valence-electron chi connectivity index (χ3n) is 3.45. The van der Waals surface area contributed by atoms with Crippen molar-refractivity contribution in [1.82, 2.24) is 5.32 Å². The van der Waals surface area contributed by atoms with Crippen LogP contribution in [0, 0.1) is 5.92 Å². The van der Waals surface area contributed by atoms with Crippen LogP contribution >= 0.6 is 0 Å². The highest BCUT2D eigenvalue weighted by atomic mass is 19.4. The molecule has 1 aliphatic heterocycles. The summed E-state index contributed by atoms with van der Waals surface area (Å²) >= 11 is 0. The van der Waals surface area contributed by atoms with Crippen molar-refractivity contribution < 1.29 is 13.2 Å². The van der Waals surface area contributed by atoms with Crippen molar-refractivity contribution in [2.24, 2.45) is 5.92 Å². The smallest absolute Gasteiger partial charge is 0.310 e. The molecular weight excluding hydrogens is 227 g/mol. The second-order valence-electron chi connectivity index (χ2n) is 4.51. The quantitative estimate of drug-likeness (QED) is 0.833. The van der Waals surface area contributed by atoms with E-state index in [0.717, 1.165) is 31.0 Å². The molecule has 2 unspecified atom stereocenters. The van der Waals surface area contributed by atoms with Gasteiger partial charge in [-0.25, -0.2) is 0 Å². The van der Waals surface area contributed by atoms with Gasteiger partial charge >= 0.3 is 6.18 Å². The number of hydrogen-bond acceptors (Lipinski definition) is 1. The van der Waals surface area contributed by atoms with Gasteiger partial charge in [-0.15, -0.1) is 0 Å². The first kappa shape index (κ1) is 12.4. The van der Waals surface area contributed by atoms with Gasteiger partial charge in [-0.05, 0) is 36.6 Å². The van der Waals surface area contributed by atoms with Crippen LogP contribution in [0.2, 0.25) is 0 Å². The zero-order valence-corrected chi connectivity index (χ0v) is 9.72. The number of rotatable bonds is 2. The van der Waals surface area contributed by atoms with E-state index in [1.165, 1.54) is 12.1 Å². The molecule has 0 aliphatic carbocycles. The van der Waals surface area contributed by atoms with Gasteiger partial charge in [0.1, 0.15) is 0 Å². The third kappa shape index (κ3) is 2.63. The predicted octanol–water partition coefficient (Wildman–Crippen LogP) is 3.77. The Bertz CT molecular complexity index is 386. The topological polar surface area (TPSA) is 12.0 Å². The van der Waals surface area contributed by atoms with Crippen molar-refractivity contribution in [2.75, 3.05) is 6.54 Å². The molecule has 0 amide bonds. The van der Waals surface area contributed by atoms with Crippen LogP contribution in [0.4, 0.5) is 13.2 Å². The van der Waals surface area contributed by atoms with E-state index in [-0.39, 0.29) is 6.04 Å². The molecule has 0 bridgehead atoms. The average molecular weight is 243 g/mol. The van der Waals surface area contributed by atoms with Crippen molar-refractivity contribution in [3.05, 3.63) is 35.4 Å². The Labute approximate surface area is 99.0 Å². The second kappa shape index (κ2) is 4.69. The fraction of sp³-hybridized carbons (Fsp3) is 0.538. The number of hydrogen-bond donors (Lipinski definition) is 1. The van der Waals surface area contributed by atoms with Crippen LogP contribution in [0.1, 0.15) is 36.9 Å². The highest BCUT2D eigenvalue weighted by Crippen LogP contribution is 2.35. The van der Waals surface area contributed by atoms with Crippen molar-refractivity contribution in [2.45, 2.75) is 32.0 Å². The lowest BCUT2D eigenvalue weighted by Gasteiger charge is -2.19. The minimum absolute atomic E-state index is 0.0716. The van der Waals surface area contributed by atoms with Crippen LogP contribution < -0.4 is 5.32 Å². The van der Waals surface area contributed by atoms with Crippen molar-refractivity contribution in [1.29, 1.82) is 0 Å². The molecule has 1 aromatic rings. The van der Waals surface area contributed by atoms with Crippen LogP contribution in [0.5, 0.6) is 0 Å². The first-order chi connectivity index (χ1) is 8.02. The molecule has 1 aliphatic rings. The molecule has 94 valence electrons. The van der Waals surface area contributed by atoms with Crippen LogP contribution in [-0.2, 0) is 6.18 Å². The van der Waals surface area contributed by atoms with E-state index in [0.29, 0.717) is 5.92 Å². The maximum absolute atomic E-state index is 12.6. The zero-order chi connectivity index (χ0) is 12.5. The molecule has 2 atom stereocenters. The monoisotopic (exact) mass is 243 g/mol. The first-order valence-corrected chi connectivity index (χ1v) is 5.93. The van der Waals surface area contributed by atoms with Crippen molar-refractivity contribution >= 4 is 0 Å². The summed E-state index contributed by atoms with van der Waals surface area (Å²) in [6.45, 7) is 2.97. The molecule has 4 heteroatoms. The molecule has 1 N–H and O–H groups in total. The maximum atomic E-state index is 12.6. The van der Waals surface area contributed by atoms with Crippen molar-refractivity contribution in [3.8, 4) is 0 Å². The Balaban J connectivity index is 2.27. The number of nitrogens with one attached hydrogen (secondary N) is 1. The van der Waals surface area contributed by atoms with Gasteiger partial charge in [0.15, 0.2) is 0 Å². The molecule has 0 radical (unpaired) electrons. The van der Waals surface area contributed by atoms with Gasteiger partial charge < -0.3 is 5.32 Å². The number of benzene rings is 1. The van der Waals surface area contributed by atoms with Gasteiger partial charge in [-0.3, -0.25) is 0 Å². The number of halogens is 3. The molecule has 17 heavy (non-hydrogen) atoms. The lowest BCUT2D eigenvalue weighted by molar-refractivity contribution is -0.137. The van der Waals surface area contributed by atoms with Gasteiger partial charge in [-0.1, -0.05) is 25.5 Å². The Morgan fingerprint density at radius 3 is 2.76 bits per heavy atom. The molecule has 1 aromatic carbocycles. The molecular formula is C13H16F3N. The Morgan fingerprint density at radius 2 is 2.12 bits per heavy atom. The Hall–Kier alpha value is -1.03. The summed E-state index contributed by atoms with van der Waals surface area (Å²) in [6, 6.07) is 5.74. The molecule has 0 aromatic heterocycles. The van der Waals surface area contributed by atoms with Crippen molar-refractivity contribution in [3.63, 3.8) is 0 Å². The van der Waals surface area contributed by atoms with E-state index in [9.17, 15) is 13.2 Å². The minimum atomic E-state index is -4.25. The molecule has 0 spiro atoms. The summed E-state index contributed by atoms with van der Waals surface area (Å²) in [5, 5.41) is 3.29. The van der Waals surface area contributed by atoms with E-state index in [1.54, 1.807) is 6.07 Å². The zero-order valence-electron chi connectivity index (χ0n) is 9.72. The summed E-state index contributed by atoms with van der Waals surface area (Å²) in [7, 11) is 0. The number of alkyl halides is 3. The fourth-order valence-electron chi connectivity index (χ4n) is 2.50. The largest absolute Gasteiger partial charge is 0.416 e. The first-order valence-electron chi connectivity index (χ1n) is 5.93. The standard InChI is InChI=1S/C13H16F3N/c1-2-9-6-7-17-12(9)10-4-3-5-11(8-10)13(14,15)16/h3-5,8-9,12,17H,2,6-7H2,1H3. The lowest BCUT2D eigenvalue weighted by atomic mass is 9.91. The fourth-order valence-corrected chi connectivity index (χ4v) is 2.50. The second-order valence-corrected chi connectivity index (χ2v) is 4.51. The maximum Gasteiger partial charge on any atom is 0.416 e. The Morgan fingerprint density at radius 1 is 1.35 bits per heavy atom. The summed E-state index contributed by atoms with van der Waals surface area (Å²) in [6.07, 6.45) is -2.22. The SMILES string of the molecule is CCC1CCNC1c1cccc(C(F)(F)F)c1. The highest BCUT2D eigenvalue weighted by Gasteiger charge is 2.32. The summed E-state index contributed by atoms with van der Waals surface area (Å²) in [5.41, 5.74) is 0.197. The van der Waals surface area contributed by atoms with Gasteiger partial charge in [0.25, 0.3) is 0 Å². The third-order valence-corrected chi connectivity index (χ3v) is 3.45. The molecule has 0 saturated carbocycles. The normalized spacial score (nSPS) is 25.2. The van der Waals surface area contributed by atoms with Crippen LogP contribution in [0.3, 0.4) is 0 Å². The van der Waals surface area contributed by atoms with Gasteiger partial charge in [0.05, 0.1) is 5.56 Å². The van der Waals surface area contributed by atoms with Crippen LogP contribution in [0.25, 0.3) is 0 Å². The van der Waals surface area contributed by atoms with E-state index < -0.39 is 11.7 Å². The minimum Gasteiger partial charge on any atom is -0.310 e. The average Bonchev–Trinajstić information content (AvgIpc) is 2.76. The summed E-state index contributed by atoms with van der Waals surface area (Å²) in [4.78, 5) is 0. The van der Waals surface area contributed by atoms with Crippen LogP contribution in [0.15, 0.2) is 24.3 Å². The molecule has 1 heterocycles. The summed E-state index contributed by atoms with van der Waals surface area (Å²) in [5.74, 6) is 0.443. The van der Waals surface area contributed by atoms with Gasteiger partial charge in [0, 0.05) is 6.04 Å². The van der Waals surface area contributed by atoms with E-state index in [1.807, 2.05) is 0 Å². The molecule has 1 fully saturated rings. The Kier molecular flexibility index (Phi) is 3.43. The van der Waals surface area contributed by atoms with Crippen LogP contribution in [-0.4, -0.2) is 6.54 Å². The van der Waals surface area contributed by atoms with E-state index in [2.05, 4.69) is 12.2 Å². The van der Waals surface area contributed by atoms with Gasteiger partial charge in [-0.2, -0.15) is 13.2 Å². The molecule has 1 saturated heterocycles. The van der Waals surface area contributed by atoms with Gasteiger partial charge in [0.2, 0.25) is 0 Å². The molecule has 2 rings (SSSR count). The lowest BCUT2D eigenvalue weighted by Crippen LogP contribution is -2.18. The summed E-state index contributed by atoms with van der Waals surface area (Å²) < 4.78 is 37.8.